The Morgan fingerprint density at radius 2 is 1.59 bits per heavy atom. The molecule has 5 heteroatoms. The number of aliphatic hydroxyl groups excluding tert-OH is 1. The normalized spacial score (nSPS) is 11.1. The Balaban J connectivity index is 2.29. The molecule has 1 rings (SSSR count). The van der Waals surface area contributed by atoms with E-state index in [0.717, 1.165) is 31.4 Å². The molecule has 5 nitrogen and oxygen atoms in total. The van der Waals surface area contributed by atoms with Crippen molar-refractivity contribution in [2.75, 3.05) is 13.2 Å². The van der Waals surface area contributed by atoms with Crippen LogP contribution in [0, 0.1) is 0 Å². The van der Waals surface area contributed by atoms with Gasteiger partial charge in [0.05, 0.1) is 6.61 Å². The smallest absolute Gasteiger partial charge is 0.494 e. The molecule has 0 saturated carbocycles. The van der Waals surface area contributed by atoms with Gasteiger partial charge in [0.15, 0.2) is 0 Å². The molecule has 1 aromatic rings. The van der Waals surface area contributed by atoms with Gasteiger partial charge in [-0.15, -0.1) is 0 Å². The highest BCUT2D eigenvalue weighted by Gasteiger charge is 2.17. The lowest BCUT2D eigenvalue weighted by molar-refractivity contribution is 0.0206. The van der Waals surface area contributed by atoms with Gasteiger partial charge in [-0.05, 0) is 64.3 Å². The molecule has 0 atom stereocenters. The Bertz CT molecular complexity index is 433. The Hall–Kier alpha value is -1.75. The summed E-state index contributed by atoms with van der Waals surface area (Å²) in [5.41, 5.74) is -0.573. The summed E-state index contributed by atoms with van der Waals surface area (Å²) >= 11 is 0. The molecule has 0 spiro atoms. The van der Waals surface area contributed by atoms with Gasteiger partial charge in [0.25, 0.3) is 0 Å². The van der Waals surface area contributed by atoms with Gasteiger partial charge in [-0.3, -0.25) is 0 Å². The summed E-state index contributed by atoms with van der Waals surface area (Å²) in [6.45, 7) is 6.24. The van der Waals surface area contributed by atoms with Crippen LogP contribution < -0.4 is 9.47 Å². The minimum absolute atomic E-state index is 0.250. The predicted molar refractivity (Wildman–Crippen MR) is 84.4 cm³/mol. The van der Waals surface area contributed by atoms with Crippen LogP contribution in [0.25, 0.3) is 0 Å². The van der Waals surface area contributed by atoms with Gasteiger partial charge in [-0.2, -0.15) is 0 Å². The number of hydrogen-bond acceptors (Lipinski definition) is 5. The fourth-order valence-electron chi connectivity index (χ4n) is 1.73. The van der Waals surface area contributed by atoms with E-state index in [9.17, 15) is 4.79 Å². The molecule has 0 bridgehead atoms. The van der Waals surface area contributed by atoms with Gasteiger partial charge < -0.3 is 19.3 Å². The zero-order valence-corrected chi connectivity index (χ0v) is 13.6. The molecule has 0 heterocycles. The molecular formula is C17H26O5. The summed E-state index contributed by atoms with van der Waals surface area (Å²) in [7, 11) is 0. The van der Waals surface area contributed by atoms with E-state index in [1.54, 1.807) is 45.0 Å². The molecule has 124 valence electrons. The lowest BCUT2D eigenvalue weighted by atomic mass is 10.2. The molecule has 0 aliphatic heterocycles. The summed E-state index contributed by atoms with van der Waals surface area (Å²) in [6.07, 6.45) is 3.14. The van der Waals surface area contributed by atoms with Crippen LogP contribution in [0.5, 0.6) is 11.5 Å². The monoisotopic (exact) mass is 310 g/mol. The van der Waals surface area contributed by atoms with Crippen LogP contribution in [0.15, 0.2) is 24.3 Å². The van der Waals surface area contributed by atoms with Crippen LogP contribution in [0.1, 0.15) is 46.5 Å². The van der Waals surface area contributed by atoms with E-state index in [1.165, 1.54) is 0 Å². The summed E-state index contributed by atoms with van der Waals surface area (Å²) in [4.78, 5) is 11.5. The standard InChI is InChI=1S/C17H26O5/c1-17(2,3)22-16(19)21-15-10-8-14(9-11-15)20-13-7-5-4-6-12-18/h8-11,18H,4-7,12-13H2,1-3H3. The Kier molecular flexibility index (Phi) is 7.74. The molecule has 0 aromatic heterocycles. The molecular weight excluding hydrogens is 284 g/mol. The molecule has 1 aromatic carbocycles. The van der Waals surface area contributed by atoms with Crippen molar-refractivity contribution >= 4 is 6.16 Å². The second-order valence-electron chi connectivity index (χ2n) is 6.02. The maximum Gasteiger partial charge on any atom is 0.514 e. The highest BCUT2D eigenvalue weighted by molar-refractivity contribution is 5.64. The lowest BCUT2D eigenvalue weighted by Gasteiger charge is -2.18. The number of carbonyl (C=O) groups excluding carboxylic acids is 1. The van der Waals surface area contributed by atoms with Gasteiger partial charge in [-0.25, -0.2) is 4.79 Å². The third-order valence-corrected chi connectivity index (χ3v) is 2.74. The fraction of sp³-hybridized carbons (Fsp3) is 0.588. The van der Waals surface area contributed by atoms with Crippen molar-refractivity contribution in [3.63, 3.8) is 0 Å². The summed E-state index contributed by atoms with van der Waals surface area (Å²) in [5.74, 6) is 1.16. The average molecular weight is 310 g/mol. The zero-order chi connectivity index (χ0) is 16.4. The molecule has 0 saturated heterocycles. The Labute approximate surface area is 132 Å². The quantitative estimate of drug-likeness (QED) is 0.448. The molecule has 22 heavy (non-hydrogen) atoms. The van der Waals surface area contributed by atoms with Gasteiger partial charge >= 0.3 is 6.16 Å². The molecule has 0 radical (unpaired) electrons. The fourth-order valence-corrected chi connectivity index (χ4v) is 1.73. The predicted octanol–water partition coefficient (Wildman–Crippen LogP) is 3.93. The molecule has 1 N–H and O–H groups in total. The van der Waals surface area contributed by atoms with E-state index >= 15 is 0 Å². The number of carbonyl (C=O) groups is 1. The van der Waals surface area contributed by atoms with E-state index in [4.69, 9.17) is 19.3 Å². The van der Waals surface area contributed by atoms with Crippen LogP contribution in [0.4, 0.5) is 4.79 Å². The first kappa shape index (κ1) is 18.3. The number of ether oxygens (including phenoxy) is 3. The van der Waals surface area contributed by atoms with Crippen molar-refractivity contribution in [3.05, 3.63) is 24.3 Å². The highest BCUT2D eigenvalue weighted by atomic mass is 16.7. The molecule has 0 aliphatic rings. The third kappa shape index (κ3) is 8.52. The summed E-state index contributed by atoms with van der Waals surface area (Å²) < 4.78 is 15.7. The number of benzene rings is 1. The van der Waals surface area contributed by atoms with Crippen molar-refractivity contribution in [2.24, 2.45) is 0 Å². The first-order chi connectivity index (χ1) is 10.4. The van der Waals surface area contributed by atoms with Crippen LogP contribution in [-0.4, -0.2) is 30.1 Å². The lowest BCUT2D eigenvalue weighted by Crippen LogP contribution is -2.25. The Morgan fingerprint density at radius 1 is 1.00 bits per heavy atom. The number of aliphatic hydroxyl groups is 1. The molecule has 0 amide bonds. The maximum atomic E-state index is 11.5. The highest BCUT2D eigenvalue weighted by Crippen LogP contribution is 2.19. The van der Waals surface area contributed by atoms with Crippen LogP contribution in [0.3, 0.4) is 0 Å². The van der Waals surface area contributed by atoms with Crippen LogP contribution in [-0.2, 0) is 4.74 Å². The average Bonchev–Trinajstić information content (AvgIpc) is 2.42. The summed E-state index contributed by atoms with van der Waals surface area (Å²) in [5, 5.41) is 8.68. The zero-order valence-electron chi connectivity index (χ0n) is 13.6. The van der Waals surface area contributed by atoms with E-state index in [2.05, 4.69) is 0 Å². The maximum absolute atomic E-state index is 11.5. The first-order valence-electron chi connectivity index (χ1n) is 7.65. The Morgan fingerprint density at radius 3 is 2.18 bits per heavy atom. The van der Waals surface area contributed by atoms with Crippen molar-refractivity contribution in [1.29, 1.82) is 0 Å². The van der Waals surface area contributed by atoms with Crippen LogP contribution in [0.2, 0.25) is 0 Å². The van der Waals surface area contributed by atoms with Crippen molar-refractivity contribution in [2.45, 2.75) is 52.1 Å². The largest absolute Gasteiger partial charge is 0.514 e. The minimum Gasteiger partial charge on any atom is -0.494 e. The molecule has 0 fully saturated rings. The third-order valence-electron chi connectivity index (χ3n) is 2.74. The van der Waals surface area contributed by atoms with Crippen molar-refractivity contribution in [3.8, 4) is 11.5 Å². The number of unbranched alkanes of at least 4 members (excludes halogenated alkanes) is 3. The SMILES string of the molecule is CC(C)(C)OC(=O)Oc1ccc(OCCCCCCO)cc1. The second kappa shape index (κ2) is 9.30. The minimum atomic E-state index is -0.718. The molecule has 0 unspecified atom stereocenters. The van der Waals surface area contributed by atoms with E-state index in [0.29, 0.717) is 12.4 Å². The van der Waals surface area contributed by atoms with Crippen LogP contribution >= 0.6 is 0 Å². The van der Waals surface area contributed by atoms with Gasteiger partial charge in [0.1, 0.15) is 17.1 Å². The first-order valence-corrected chi connectivity index (χ1v) is 7.65. The molecule has 0 aliphatic carbocycles. The van der Waals surface area contributed by atoms with E-state index < -0.39 is 11.8 Å². The number of rotatable bonds is 8. The van der Waals surface area contributed by atoms with E-state index in [-0.39, 0.29) is 6.61 Å². The van der Waals surface area contributed by atoms with Crippen molar-refractivity contribution < 1.29 is 24.1 Å². The van der Waals surface area contributed by atoms with Gasteiger partial charge in [-0.1, -0.05) is 6.42 Å². The van der Waals surface area contributed by atoms with Gasteiger partial charge in [0.2, 0.25) is 0 Å². The van der Waals surface area contributed by atoms with Gasteiger partial charge in [0, 0.05) is 6.61 Å². The topological polar surface area (TPSA) is 65.0 Å². The van der Waals surface area contributed by atoms with Crippen molar-refractivity contribution in [1.82, 2.24) is 0 Å². The second-order valence-corrected chi connectivity index (χ2v) is 6.02. The summed E-state index contributed by atoms with van der Waals surface area (Å²) in [6, 6.07) is 6.86. The van der Waals surface area contributed by atoms with E-state index in [1.807, 2.05) is 0 Å². The number of hydrogen-bond donors (Lipinski definition) is 1.